The minimum absolute atomic E-state index is 0.176. The lowest BCUT2D eigenvalue weighted by Crippen LogP contribution is -2.50. The summed E-state index contributed by atoms with van der Waals surface area (Å²) in [5.74, 6) is -0.416. The summed E-state index contributed by atoms with van der Waals surface area (Å²) >= 11 is 6.23. The molecule has 9 nitrogen and oxygen atoms in total. The van der Waals surface area contributed by atoms with Crippen LogP contribution in [-0.4, -0.2) is 81.7 Å². The highest BCUT2D eigenvalue weighted by molar-refractivity contribution is 6.31. The van der Waals surface area contributed by atoms with E-state index >= 15 is 0 Å². The van der Waals surface area contributed by atoms with Crippen molar-refractivity contribution in [2.24, 2.45) is 0 Å². The Kier molecular flexibility index (Phi) is 6.13. The van der Waals surface area contributed by atoms with Crippen molar-refractivity contribution >= 4 is 29.5 Å². The highest BCUT2D eigenvalue weighted by atomic mass is 35.5. The minimum Gasteiger partial charge on any atom is -0.450 e. The van der Waals surface area contributed by atoms with E-state index in [2.05, 4.69) is 5.10 Å². The molecule has 0 saturated carbocycles. The van der Waals surface area contributed by atoms with Crippen LogP contribution in [0, 0.1) is 0 Å². The molecule has 0 spiro atoms. The molecule has 0 atom stereocenters. The number of rotatable bonds is 4. The lowest BCUT2D eigenvalue weighted by atomic mass is 10.2. The number of fused-ring (bicyclic) bond motifs is 1. The predicted octanol–water partition coefficient (Wildman–Crippen LogP) is 2.11. The first-order chi connectivity index (χ1) is 15.0. The SMILES string of the molecule is CCOC(=O)N1CCN(C(=O)c2cc3n(n2)CCN(Cc2ccccc2Cl)C3=O)CC1. The van der Waals surface area contributed by atoms with Crippen LogP contribution in [0.3, 0.4) is 0 Å². The van der Waals surface area contributed by atoms with Crippen molar-refractivity contribution in [1.29, 1.82) is 0 Å². The molecule has 0 bridgehead atoms. The molecule has 1 aromatic heterocycles. The third-order valence-corrected chi connectivity index (χ3v) is 5.87. The maximum atomic E-state index is 13.0. The number of carbonyl (C=O) groups is 3. The maximum Gasteiger partial charge on any atom is 0.409 e. The van der Waals surface area contributed by atoms with Crippen LogP contribution >= 0.6 is 11.6 Å². The second kappa shape index (κ2) is 8.97. The van der Waals surface area contributed by atoms with E-state index < -0.39 is 0 Å². The standard InChI is InChI=1S/C21H24ClN5O4/c1-2-31-21(30)25-9-7-24(8-10-25)19(28)17-13-18-20(29)26(11-12-27(18)23-17)14-15-5-3-4-6-16(15)22/h3-6,13H,2,7-12,14H2,1H3. The zero-order chi connectivity index (χ0) is 22.0. The first-order valence-corrected chi connectivity index (χ1v) is 10.7. The average Bonchev–Trinajstić information content (AvgIpc) is 3.22. The molecule has 2 aromatic rings. The summed E-state index contributed by atoms with van der Waals surface area (Å²) in [5.41, 5.74) is 1.51. The van der Waals surface area contributed by atoms with E-state index in [1.807, 2.05) is 18.2 Å². The molecule has 3 amide bonds. The Morgan fingerprint density at radius 3 is 2.48 bits per heavy atom. The molecule has 0 N–H and O–H groups in total. The van der Waals surface area contributed by atoms with Crippen molar-refractivity contribution in [3.05, 3.63) is 52.3 Å². The zero-order valence-corrected chi connectivity index (χ0v) is 18.0. The fourth-order valence-electron chi connectivity index (χ4n) is 3.79. The summed E-state index contributed by atoms with van der Waals surface area (Å²) in [5, 5.41) is 4.98. The fraction of sp³-hybridized carbons (Fsp3) is 0.429. The fourth-order valence-corrected chi connectivity index (χ4v) is 3.99. The number of hydrogen-bond acceptors (Lipinski definition) is 5. The highest BCUT2D eigenvalue weighted by Crippen LogP contribution is 2.21. The van der Waals surface area contributed by atoms with E-state index in [1.54, 1.807) is 38.4 Å². The third-order valence-electron chi connectivity index (χ3n) is 5.50. The first kappa shape index (κ1) is 21.2. The van der Waals surface area contributed by atoms with Gasteiger partial charge in [-0.1, -0.05) is 29.8 Å². The number of aromatic nitrogens is 2. The number of benzene rings is 1. The molecule has 0 aliphatic carbocycles. The average molecular weight is 446 g/mol. The maximum absolute atomic E-state index is 13.0. The van der Waals surface area contributed by atoms with Gasteiger partial charge in [-0.05, 0) is 18.6 Å². The molecule has 0 radical (unpaired) electrons. The van der Waals surface area contributed by atoms with Gasteiger partial charge in [0, 0.05) is 50.4 Å². The lowest BCUT2D eigenvalue weighted by Gasteiger charge is -2.33. The summed E-state index contributed by atoms with van der Waals surface area (Å²) in [7, 11) is 0. The molecule has 2 aliphatic rings. The van der Waals surface area contributed by atoms with Crippen molar-refractivity contribution in [2.75, 3.05) is 39.3 Å². The van der Waals surface area contributed by atoms with E-state index in [0.29, 0.717) is 63.1 Å². The van der Waals surface area contributed by atoms with Gasteiger partial charge >= 0.3 is 6.09 Å². The van der Waals surface area contributed by atoms with Gasteiger partial charge < -0.3 is 19.4 Å². The van der Waals surface area contributed by atoms with Gasteiger partial charge in [0.25, 0.3) is 11.8 Å². The van der Waals surface area contributed by atoms with Crippen molar-refractivity contribution < 1.29 is 19.1 Å². The Labute approximate surface area is 185 Å². The number of carbonyl (C=O) groups excluding carboxylic acids is 3. The molecule has 3 heterocycles. The normalized spacial score (nSPS) is 16.3. The number of nitrogens with zero attached hydrogens (tertiary/aromatic N) is 5. The van der Waals surface area contributed by atoms with Crippen molar-refractivity contribution in [2.45, 2.75) is 20.0 Å². The zero-order valence-electron chi connectivity index (χ0n) is 17.3. The first-order valence-electron chi connectivity index (χ1n) is 10.3. The quantitative estimate of drug-likeness (QED) is 0.719. The minimum atomic E-state index is -0.365. The van der Waals surface area contributed by atoms with Gasteiger partial charge in [-0.25, -0.2) is 4.79 Å². The number of piperazine rings is 1. The molecule has 1 fully saturated rings. The number of halogens is 1. The van der Waals surface area contributed by atoms with E-state index in [4.69, 9.17) is 16.3 Å². The Morgan fingerprint density at radius 1 is 1.06 bits per heavy atom. The molecular weight excluding hydrogens is 422 g/mol. The number of ether oxygens (including phenoxy) is 1. The molecular formula is C21H24ClN5O4. The van der Waals surface area contributed by atoms with Crippen molar-refractivity contribution in [3.63, 3.8) is 0 Å². The van der Waals surface area contributed by atoms with E-state index in [-0.39, 0.29) is 23.6 Å². The second-order valence-corrected chi connectivity index (χ2v) is 7.84. The molecule has 2 aliphatic heterocycles. The lowest BCUT2D eigenvalue weighted by molar-refractivity contribution is 0.0564. The monoisotopic (exact) mass is 445 g/mol. The summed E-state index contributed by atoms with van der Waals surface area (Å²) in [4.78, 5) is 42.7. The third kappa shape index (κ3) is 4.36. The van der Waals surface area contributed by atoms with Gasteiger partial charge in [-0.15, -0.1) is 0 Å². The van der Waals surface area contributed by atoms with Crippen molar-refractivity contribution in [3.8, 4) is 0 Å². The molecule has 31 heavy (non-hydrogen) atoms. The van der Waals surface area contributed by atoms with Crippen LogP contribution < -0.4 is 0 Å². The van der Waals surface area contributed by atoms with Gasteiger partial charge in [0.2, 0.25) is 0 Å². The predicted molar refractivity (Wildman–Crippen MR) is 113 cm³/mol. The van der Waals surface area contributed by atoms with Crippen LogP contribution in [0.25, 0.3) is 0 Å². The molecule has 1 saturated heterocycles. The topological polar surface area (TPSA) is 88.0 Å². The molecule has 1 aromatic carbocycles. The van der Waals surface area contributed by atoms with Crippen LogP contribution in [0.5, 0.6) is 0 Å². The van der Waals surface area contributed by atoms with E-state index in [9.17, 15) is 14.4 Å². The number of amides is 3. The van der Waals surface area contributed by atoms with Crippen molar-refractivity contribution in [1.82, 2.24) is 24.5 Å². The smallest absolute Gasteiger partial charge is 0.409 e. The van der Waals surface area contributed by atoms with Gasteiger partial charge in [-0.2, -0.15) is 5.10 Å². The van der Waals surface area contributed by atoms with E-state index in [1.165, 1.54) is 0 Å². The Hall–Kier alpha value is -3.07. The van der Waals surface area contributed by atoms with Crippen LogP contribution in [0.4, 0.5) is 4.79 Å². The highest BCUT2D eigenvalue weighted by Gasteiger charge is 2.31. The second-order valence-electron chi connectivity index (χ2n) is 7.43. The Balaban J connectivity index is 1.42. The Morgan fingerprint density at radius 2 is 1.77 bits per heavy atom. The number of hydrogen-bond donors (Lipinski definition) is 0. The molecule has 0 unspecified atom stereocenters. The summed E-state index contributed by atoms with van der Waals surface area (Å²) in [6, 6.07) is 8.99. The molecule has 164 valence electrons. The van der Waals surface area contributed by atoms with Gasteiger partial charge in [0.05, 0.1) is 13.2 Å². The van der Waals surface area contributed by atoms with Gasteiger partial charge in [-0.3, -0.25) is 14.3 Å². The van der Waals surface area contributed by atoms with Crippen LogP contribution in [0.15, 0.2) is 30.3 Å². The van der Waals surface area contributed by atoms with E-state index in [0.717, 1.165) is 5.56 Å². The largest absolute Gasteiger partial charge is 0.450 e. The van der Waals surface area contributed by atoms with Crippen LogP contribution in [0.2, 0.25) is 5.02 Å². The summed E-state index contributed by atoms with van der Waals surface area (Å²) < 4.78 is 6.60. The summed E-state index contributed by atoms with van der Waals surface area (Å²) in [6.45, 7) is 5.09. The van der Waals surface area contributed by atoms with Crippen LogP contribution in [-0.2, 0) is 17.8 Å². The summed E-state index contributed by atoms with van der Waals surface area (Å²) in [6.07, 6.45) is -0.365. The molecule has 10 heteroatoms. The van der Waals surface area contributed by atoms with Crippen LogP contribution in [0.1, 0.15) is 33.5 Å². The Bertz CT molecular complexity index is 999. The van der Waals surface area contributed by atoms with Gasteiger partial charge in [0.1, 0.15) is 5.69 Å². The van der Waals surface area contributed by atoms with Gasteiger partial charge in [0.15, 0.2) is 5.69 Å². The molecule has 4 rings (SSSR count).